The number of aliphatic imine (C=N–C) groups is 1. The van der Waals surface area contributed by atoms with Crippen molar-refractivity contribution in [2.24, 2.45) is 10.9 Å². The first-order valence-corrected chi connectivity index (χ1v) is 10.2. The van der Waals surface area contributed by atoms with Gasteiger partial charge in [-0.15, -0.1) is 24.0 Å². The van der Waals surface area contributed by atoms with Crippen molar-refractivity contribution in [3.63, 3.8) is 0 Å². The Morgan fingerprint density at radius 2 is 1.93 bits per heavy atom. The van der Waals surface area contributed by atoms with Gasteiger partial charge in [0.05, 0.1) is 19.3 Å². The van der Waals surface area contributed by atoms with Crippen LogP contribution in [0.25, 0.3) is 0 Å². The molecule has 2 unspecified atom stereocenters. The van der Waals surface area contributed by atoms with Gasteiger partial charge in [-0.05, 0) is 63.9 Å². The maximum Gasteiger partial charge on any atom is 0.191 e. The molecule has 1 fully saturated rings. The Kier molecular flexibility index (Phi) is 11.6. The van der Waals surface area contributed by atoms with Gasteiger partial charge in [0.2, 0.25) is 0 Å². The van der Waals surface area contributed by atoms with Crippen LogP contribution in [0.4, 0.5) is 0 Å². The summed E-state index contributed by atoms with van der Waals surface area (Å²) < 4.78 is 11.4. The number of likely N-dealkylation sites (tertiary alicyclic amines) is 1. The van der Waals surface area contributed by atoms with Crippen molar-refractivity contribution < 1.29 is 9.47 Å². The number of guanidine groups is 1. The van der Waals surface area contributed by atoms with Crippen molar-refractivity contribution in [2.45, 2.75) is 40.2 Å². The summed E-state index contributed by atoms with van der Waals surface area (Å²) >= 11 is 0. The smallest absolute Gasteiger partial charge is 0.191 e. The van der Waals surface area contributed by atoms with Gasteiger partial charge in [-0.2, -0.15) is 0 Å². The zero-order valence-electron chi connectivity index (χ0n) is 18.0. The number of hydrogen-bond donors (Lipinski definition) is 2. The highest BCUT2D eigenvalue weighted by molar-refractivity contribution is 14.0. The summed E-state index contributed by atoms with van der Waals surface area (Å²) in [6.45, 7) is 14.0. The lowest BCUT2D eigenvalue weighted by Crippen LogP contribution is -2.41. The van der Waals surface area contributed by atoms with E-state index in [4.69, 9.17) is 9.47 Å². The largest absolute Gasteiger partial charge is 0.490 e. The topological polar surface area (TPSA) is 58.1 Å². The first-order valence-electron chi connectivity index (χ1n) is 10.2. The summed E-state index contributed by atoms with van der Waals surface area (Å²) in [5.41, 5.74) is 1.14. The highest BCUT2D eigenvalue weighted by Gasteiger charge is 2.21. The number of rotatable bonds is 9. The average Bonchev–Trinajstić information content (AvgIpc) is 3.14. The van der Waals surface area contributed by atoms with Crippen LogP contribution in [-0.2, 0) is 0 Å². The van der Waals surface area contributed by atoms with E-state index in [1.165, 1.54) is 19.5 Å². The molecule has 1 heterocycles. The lowest BCUT2D eigenvalue weighted by Gasteiger charge is -2.21. The number of hydrogen-bond acceptors (Lipinski definition) is 4. The summed E-state index contributed by atoms with van der Waals surface area (Å²) in [4.78, 5) is 6.88. The van der Waals surface area contributed by atoms with E-state index in [1.807, 2.05) is 27.0 Å². The van der Waals surface area contributed by atoms with E-state index in [2.05, 4.69) is 46.5 Å². The Labute approximate surface area is 187 Å². The second kappa shape index (κ2) is 13.1. The third-order valence-electron chi connectivity index (χ3n) is 5.02. The molecule has 0 amide bonds. The maximum atomic E-state index is 5.74. The predicted octanol–water partition coefficient (Wildman–Crippen LogP) is 3.67. The molecule has 0 aromatic heterocycles. The Balaban J connectivity index is 0.00000392. The zero-order chi connectivity index (χ0) is 19.6. The molecular formula is C21H37IN4O2. The molecule has 7 heteroatoms. The molecule has 0 radical (unpaired) electrons. The number of nitrogens with zero attached hydrogens (tertiary/aromatic N) is 2. The highest BCUT2D eigenvalue weighted by atomic mass is 127. The maximum absolute atomic E-state index is 5.74. The number of halogens is 1. The van der Waals surface area contributed by atoms with Gasteiger partial charge < -0.3 is 25.0 Å². The Bertz CT molecular complexity index is 612. The Morgan fingerprint density at radius 1 is 1.21 bits per heavy atom. The second-order valence-corrected chi connectivity index (χ2v) is 6.94. The fourth-order valence-electron chi connectivity index (χ4n) is 3.43. The quantitative estimate of drug-likeness (QED) is 0.306. The lowest BCUT2D eigenvalue weighted by atomic mass is 10.1. The van der Waals surface area contributed by atoms with Crippen molar-refractivity contribution in [3.8, 4) is 11.5 Å². The van der Waals surface area contributed by atoms with Crippen LogP contribution >= 0.6 is 24.0 Å². The summed E-state index contributed by atoms with van der Waals surface area (Å²) in [5.74, 6) is 3.11. The molecule has 0 aliphatic carbocycles. The van der Waals surface area contributed by atoms with E-state index in [0.29, 0.717) is 19.1 Å². The summed E-state index contributed by atoms with van der Waals surface area (Å²) in [6, 6.07) is 6.22. The zero-order valence-corrected chi connectivity index (χ0v) is 20.3. The Hall–Kier alpha value is -1.22. The van der Waals surface area contributed by atoms with E-state index in [9.17, 15) is 0 Å². The van der Waals surface area contributed by atoms with Crippen LogP contribution in [0.1, 0.15) is 45.7 Å². The van der Waals surface area contributed by atoms with E-state index in [0.717, 1.165) is 36.1 Å². The van der Waals surface area contributed by atoms with Crippen LogP contribution < -0.4 is 20.1 Å². The molecule has 1 saturated heterocycles. The third-order valence-corrected chi connectivity index (χ3v) is 5.02. The Morgan fingerprint density at radius 3 is 2.54 bits per heavy atom. The van der Waals surface area contributed by atoms with Gasteiger partial charge in [0.25, 0.3) is 0 Å². The van der Waals surface area contributed by atoms with Crippen LogP contribution in [-0.4, -0.2) is 57.3 Å². The first kappa shape index (κ1) is 24.8. The van der Waals surface area contributed by atoms with E-state index >= 15 is 0 Å². The van der Waals surface area contributed by atoms with E-state index in [1.54, 1.807) is 0 Å². The predicted molar refractivity (Wildman–Crippen MR) is 127 cm³/mol. The van der Waals surface area contributed by atoms with Crippen molar-refractivity contribution in [3.05, 3.63) is 23.8 Å². The van der Waals surface area contributed by atoms with Gasteiger partial charge in [0.15, 0.2) is 17.5 Å². The number of nitrogens with one attached hydrogen (secondary N) is 2. The van der Waals surface area contributed by atoms with Gasteiger partial charge in [0, 0.05) is 20.1 Å². The normalized spacial score (nSPS) is 18.3. The lowest BCUT2D eigenvalue weighted by molar-refractivity contribution is 0.287. The molecule has 2 atom stereocenters. The molecule has 1 aliphatic heterocycles. The third kappa shape index (κ3) is 7.31. The van der Waals surface area contributed by atoms with E-state index in [-0.39, 0.29) is 30.0 Å². The second-order valence-electron chi connectivity index (χ2n) is 6.94. The van der Waals surface area contributed by atoms with Crippen LogP contribution in [0.15, 0.2) is 23.2 Å². The minimum absolute atomic E-state index is 0. The van der Waals surface area contributed by atoms with Gasteiger partial charge in [-0.25, -0.2) is 0 Å². The average molecular weight is 504 g/mol. The van der Waals surface area contributed by atoms with Crippen molar-refractivity contribution in [1.29, 1.82) is 0 Å². The molecule has 1 aliphatic rings. The molecule has 28 heavy (non-hydrogen) atoms. The molecule has 0 bridgehead atoms. The van der Waals surface area contributed by atoms with Crippen molar-refractivity contribution in [2.75, 3.05) is 46.4 Å². The SMILES string of the molecule is CCOc1ccc(C(C)NC(=NC)NCC2CCN(CC)C2)cc1OCC.I. The standard InChI is InChI=1S/C21H36N4O2.HI/c1-6-25-12-11-17(15-25)14-23-21(22-5)24-16(4)18-9-10-19(26-7-2)20(13-18)27-8-3;/h9-10,13,16-17H,6-8,11-12,14-15H2,1-5H3,(H2,22,23,24);1H. The minimum atomic E-state index is 0. The number of benzene rings is 1. The highest BCUT2D eigenvalue weighted by Crippen LogP contribution is 2.30. The summed E-state index contributed by atoms with van der Waals surface area (Å²) in [6.07, 6.45) is 1.25. The minimum Gasteiger partial charge on any atom is -0.490 e. The molecule has 2 rings (SSSR count). The molecule has 6 nitrogen and oxygen atoms in total. The number of ether oxygens (including phenoxy) is 2. The molecule has 0 spiro atoms. The van der Waals surface area contributed by atoms with Gasteiger partial charge in [-0.1, -0.05) is 13.0 Å². The fraction of sp³-hybridized carbons (Fsp3) is 0.667. The fourth-order valence-corrected chi connectivity index (χ4v) is 3.43. The molecule has 2 N–H and O–H groups in total. The monoisotopic (exact) mass is 504 g/mol. The van der Waals surface area contributed by atoms with E-state index < -0.39 is 0 Å². The van der Waals surface area contributed by atoms with Crippen molar-refractivity contribution >= 4 is 29.9 Å². The van der Waals surface area contributed by atoms with Gasteiger partial charge >= 0.3 is 0 Å². The molecular weight excluding hydrogens is 467 g/mol. The molecule has 160 valence electrons. The van der Waals surface area contributed by atoms with Gasteiger partial charge in [0.1, 0.15) is 0 Å². The first-order chi connectivity index (χ1) is 13.1. The molecule has 1 aromatic carbocycles. The summed E-state index contributed by atoms with van der Waals surface area (Å²) in [5, 5.41) is 6.97. The van der Waals surface area contributed by atoms with Crippen LogP contribution in [0.5, 0.6) is 11.5 Å². The van der Waals surface area contributed by atoms with Crippen LogP contribution in [0.3, 0.4) is 0 Å². The van der Waals surface area contributed by atoms with Crippen LogP contribution in [0, 0.1) is 5.92 Å². The van der Waals surface area contributed by atoms with Gasteiger partial charge in [-0.3, -0.25) is 4.99 Å². The summed E-state index contributed by atoms with van der Waals surface area (Å²) in [7, 11) is 1.82. The van der Waals surface area contributed by atoms with Crippen molar-refractivity contribution in [1.82, 2.24) is 15.5 Å². The molecule has 0 saturated carbocycles. The van der Waals surface area contributed by atoms with Crippen LogP contribution in [0.2, 0.25) is 0 Å². The molecule has 1 aromatic rings.